The van der Waals surface area contributed by atoms with Crippen molar-refractivity contribution in [2.45, 2.75) is 19.2 Å². The van der Waals surface area contributed by atoms with Crippen LogP contribution in [0.5, 0.6) is 11.5 Å². The van der Waals surface area contributed by atoms with Crippen LogP contribution in [0.4, 0.5) is 17.6 Å². The summed E-state index contributed by atoms with van der Waals surface area (Å²) in [4.78, 5) is 16.4. The predicted molar refractivity (Wildman–Crippen MR) is 106 cm³/mol. The first-order chi connectivity index (χ1) is 14.8. The van der Waals surface area contributed by atoms with E-state index in [9.17, 15) is 22.4 Å². The molecule has 0 atom stereocenters. The van der Waals surface area contributed by atoms with Gasteiger partial charge in [-0.1, -0.05) is 18.2 Å². The second-order valence-corrected chi connectivity index (χ2v) is 7.18. The monoisotopic (exact) mass is 440 g/mol. The Morgan fingerprint density at radius 3 is 2.32 bits per heavy atom. The van der Waals surface area contributed by atoms with Crippen LogP contribution in [0.2, 0.25) is 0 Å². The standard InChI is InChI=1S/C22H24F4N2O3/c23-18-6-8-19(9-7-18)30-16-15-27-11-13-28(14-12-27)21(29)10-5-17-3-1-2-4-20(17)31-22(24,25)26/h1-4,6-9H,5,10-16H2. The quantitative estimate of drug-likeness (QED) is 0.585. The number of hydrogen-bond acceptors (Lipinski definition) is 4. The van der Waals surface area contributed by atoms with Crippen LogP contribution in [-0.4, -0.2) is 61.4 Å². The van der Waals surface area contributed by atoms with Gasteiger partial charge in [0.25, 0.3) is 0 Å². The number of carbonyl (C=O) groups excluding carboxylic acids is 1. The highest BCUT2D eigenvalue weighted by molar-refractivity contribution is 5.76. The fourth-order valence-electron chi connectivity index (χ4n) is 3.38. The molecule has 0 bridgehead atoms. The van der Waals surface area contributed by atoms with Crippen molar-refractivity contribution in [2.75, 3.05) is 39.3 Å². The molecule has 0 unspecified atom stereocenters. The van der Waals surface area contributed by atoms with E-state index in [1.54, 1.807) is 23.1 Å². The summed E-state index contributed by atoms with van der Waals surface area (Å²) in [5, 5.41) is 0. The Balaban J connectivity index is 1.39. The van der Waals surface area contributed by atoms with Gasteiger partial charge in [0.15, 0.2) is 0 Å². The van der Waals surface area contributed by atoms with Gasteiger partial charge in [0.1, 0.15) is 23.9 Å². The molecule has 31 heavy (non-hydrogen) atoms. The Labute approximate surface area is 178 Å². The van der Waals surface area contributed by atoms with Crippen molar-refractivity contribution in [1.29, 1.82) is 0 Å². The molecule has 1 saturated heterocycles. The third kappa shape index (κ3) is 7.43. The zero-order valence-electron chi connectivity index (χ0n) is 16.9. The zero-order valence-corrected chi connectivity index (χ0v) is 16.9. The lowest BCUT2D eigenvalue weighted by molar-refractivity contribution is -0.274. The Hall–Kier alpha value is -2.81. The first-order valence-electron chi connectivity index (χ1n) is 10.0. The van der Waals surface area contributed by atoms with E-state index in [1.165, 1.54) is 30.3 Å². The van der Waals surface area contributed by atoms with Crippen LogP contribution in [0.3, 0.4) is 0 Å². The maximum absolute atomic E-state index is 12.9. The molecule has 168 valence electrons. The van der Waals surface area contributed by atoms with Crippen molar-refractivity contribution in [2.24, 2.45) is 0 Å². The van der Waals surface area contributed by atoms with Crippen molar-refractivity contribution in [3.05, 3.63) is 59.9 Å². The number of benzene rings is 2. The van der Waals surface area contributed by atoms with Crippen molar-refractivity contribution < 1.29 is 31.8 Å². The van der Waals surface area contributed by atoms with Crippen LogP contribution in [0.1, 0.15) is 12.0 Å². The highest BCUT2D eigenvalue weighted by Gasteiger charge is 2.32. The molecule has 0 N–H and O–H groups in total. The number of rotatable bonds is 8. The first kappa shape index (κ1) is 22.9. The van der Waals surface area contributed by atoms with Gasteiger partial charge in [-0.2, -0.15) is 0 Å². The van der Waals surface area contributed by atoms with Crippen LogP contribution < -0.4 is 9.47 Å². The van der Waals surface area contributed by atoms with Crippen LogP contribution in [0, 0.1) is 5.82 Å². The number of hydrogen-bond donors (Lipinski definition) is 0. The number of para-hydroxylation sites is 1. The highest BCUT2D eigenvalue weighted by atomic mass is 19.4. The summed E-state index contributed by atoms with van der Waals surface area (Å²) in [6, 6.07) is 11.7. The summed E-state index contributed by atoms with van der Waals surface area (Å²) < 4.78 is 60.1. The Bertz CT molecular complexity index is 851. The van der Waals surface area contributed by atoms with Gasteiger partial charge in [0.05, 0.1) is 0 Å². The van der Waals surface area contributed by atoms with E-state index in [1.807, 2.05) is 0 Å². The van der Waals surface area contributed by atoms with Gasteiger partial charge in [-0.15, -0.1) is 13.2 Å². The second-order valence-electron chi connectivity index (χ2n) is 7.18. The number of nitrogens with zero attached hydrogens (tertiary/aromatic N) is 2. The molecule has 2 aromatic carbocycles. The lowest BCUT2D eigenvalue weighted by Crippen LogP contribution is -2.49. The molecule has 0 spiro atoms. The molecule has 3 rings (SSSR count). The fraction of sp³-hybridized carbons (Fsp3) is 0.409. The number of amides is 1. The summed E-state index contributed by atoms with van der Waals surface area (Å²) in [6.45, 7) is 3.61. The minimum absolute atomic E-state index is 0.0935. The Morgan fingerprint density at radius 2 is 1.65 bits per heavy atom. The Morgan fingerprint density at radius 1 is 0.968 bits per heavy atom. The minimum Gasteiger partial charge on any atom is -0.492 e. The van der Waals surface area contributed by atoms with Crippen LogP contribution in [0.25, 0.3) is 0 Å². The molecule has 1 aliphatic rings. The van der Waals surface area contributed by atoms with Crippen LogP contribution >= 0.6 is 0 Å². The van der Waals surface area contributed by atoms with Crippen LogP contribution in [-0.2, 0) is 11.2 Å². The molecule has 0 radical (unpaired) electrons. The average Bonchev–Trinajstić information content (AvgIpc) is 2.74. The smallest absolute Gasteiger partial charge is 0.492 e. The van der Waals surface area contributed by atoms with Gasteiger partial charge < -0.3 is 14.4 Å². The van der Waals surface area contributed by atoms with E-state index in [4.69, 9.17) is 4.74 Å². The number of piperazine rings is 1. The molecular formula is C22H24F4N2O3. The van der Waals surface area contributed by atoms with Gasteiger partial charge >= 0.3 is 6.36 Å². The van der Waals surface area contributed by atoms with E-state index >= 15 is 0 Å². The van der Waals surface area contributed by atoms with Gasteiger partial charge in [-0.3, -0.25) is 9.69 Å². The number of carbonyl (C=O) groups is 1. The van der Waals surface area contributed by atoms with Crippen molar-refractivity contribution in [1.82, 2.24) is 9.80 Å². The number of aryl methyl sites for hydroxylation is 1. The van der Waals surface area contributed by atoms with E-state index < -0.39 is 6.36 Å². The molecule has 5 nitrogen and oxygen atoms in total. The number of ether oxygens (including phenoxy) is 2. The molecule has 1 heterocycles. The largest absolute Gasteiger partial charge is 0.573 e. The molecule has 1 amide bonds. The zero-order chi connectivity index (χ0) is 22.3. The molecule has 2 aromatic rings. The summed E-state index contributed by atoms with van der Waals surface area (Å²) in [7, 11) is 0. The molecule has 9 heteroatoms. The van der Waals surface area contributed by atoms with E-state index in [2.05, 4.69) is 9.64 Å². The molecule has 0 saturated carbocycles. The van der Waals surface area contributed by atoms with Gasteiger partial charge in [-0.25, -0.2) is 4.39 Å². The summed E-state index contributed by atoms with van der Waals surface area (Å²) in [5.41, 5.74) is 0.352. The highest BCUT2D eigenvalue weighted by Crippen LogP contribution is 2.27. The first-order valence-corrected chi connectivity index (χ1v) is 10.0. The minimum atomic E-state index is -4.77. The average molecular weight is 440 g/mol. The lowest BCUT2D eigenvalue weighted by atomic mass is 10.1. The topological polar surface area (TPSA) is 42.0 Å². The predicted octanol–water partition coefficient (Wildman–Crippen LogP) is 3.88. The number of alkyl halides is 3. The summed E-state index contributed by atoms with van der Waals surface area (Å²) in [6.07, 6.45) is -4.47. The maximum Gasteiger partial charge on any atom is 0.573 e. The number of halogens is 4. The fourth-order valence-corrected chi connectivity index (χ4v) is 3.38. The van der Waals surface area contributed by atoms with E-state index in [0.29, 0.717) is 50.6 Å². The lowest BCUT2D eigenvalue weighted by Gasteiger charge is -2.34. The third-order valence-electron chi connectivity index (χ3n) is 5.02. The SMILES string of the molecule is O=C(CCc1ccccc1OC(F)(F)F)N1CCN(CCOc2ccc(F)cc2)CC1. The molecular weight excluding hydrogens is 416 g/mol. The second kappa shape index (κ2) is 10.5. The molecule has 1 fully saturated rings. The summed E-state index contributed by atoms with van der Waals surface area (Å²) in [5.74, 6) is -0.0766. The normalized spacial score (nSPS) is 15.0. The van der Waals surface area contributed by atoms with Gasteiger partial charge in [0, 0.05) is 39.1 Å². The van der Waals surface area contributed by atoms with E-state index in [0.717, 1.165) is 0 Å². The molecule has 1 aliphatic heterocycles. The van der Waals surface area contributed by atoms with Crippen molar-refractivity contribution in [3.63, 3.8) is 0 Å². The third-order valence-corrected chi connectivity index (χ3v) is 5.02. The van der Waals surface area contributed by atoms with E-state index in [-0.39, 0.29) is 30.3 Å². The summed E-state index contributed by atoms with van der Waals surface area (Å²) >= 11 is 0. The molecule has 0 aromatic heterocycles. The Kier molecular flexibility index (Phi) is 7.73. The maximum atomic E-state index is 12.9. The van der Waals surface area contributed by atoms with Crippen molar-refractivity contribution in [3.8, 4) is 11.5 Å². The van der Waals surface area contributed by atoms with Gasteiger partial charge in [0.2, 0.25) is 5.91 Å². The van der Waals surface area contributed by atoms with Crippen LogP contribution in [0.15, 0.2) is 48.5 Å². The van der Waals surface area contributed by atoms with Gasteiger partial charge in [-0.05, 0) is 42.3 Å². The molecule has 0 aliphatic carbocycles. The van der Waals surface area contributed by atoms with Crippen molar-refractivity contribution >= 4 is 5.91 Å².